The van der Waals surface area contributed by atoms with Crippen molar-refractivity contribution in [3.8, 4) is 5.75 Å². The van der Waals surface area contributed by atoms with Crippen LogP contribution in [0.1, 0.15) is 22.9 Å². The van der Waals surface area contributed by atoms with Crippen LogP contribution in [0.25, 0.3) is 0 Å². The van der Waals surface area contributed by atoms with Crippen LogP contribution in [0.2, 0.25) is 5.02 Å². The minimum absolute atomic E-state index is 0.0877. The van der Waals surface area contributed by atoms with E-state index < -0.39 is 5.82 Å². The molecule has 0 amide bonds. The molecule has 1 heterocycles. The van der Waals surface area contributed by atoms with Crippen molar-refractivity contribution in [2.75, 3.05) is 0 Å². The van der Waals surface area contributed by atoms with E-state index in [0.717, 1.165) is 6.42 Å². The largest absolute Gasteiger partial charge is 0.489 e. The van der Waals surface area contributed by atoms with E-state index in [1.165, 1.54) is 28.1 Å². The Bertz CT molecular complexity index is 551. The number of rotatable bonds is 4. The molecule has 0 aliphatic rings. The first-order valence-electron chi connectivity index (χ1n) is 5.75. The van der Waals surface area contributed by atoms with Crippen molar-refractivity contribution in [1.82, 2.24) is 0 Å². The van der Waals surface area contributed by atoms with Crippen LogP contribution in [0.4, 0.5) is 4.39 Å². The van der Waals surface area contributed by atoms with Gasteiger partial charge in [-0.1, -0.05) is 18.5 Å². The van der Waals surface area contributed by atoms with E-state index in [-0.39, 0.29) is 5.02 Å². The van der Waals surface area contributed by atoms with Crippen molar-refractivity contribution in [3.63, 3.8) is 0 Å². The minimum atomic E-state index is -0.426. The Morgan fingerprint density at radius 2 is 2.17 bits per heavy atom. The molecule has 1 aromatic carbocycles. The highest BCUT2D eigenvalue weighted by atomic mass is 35.5. The Hall–Kier alpha value is -1.06. The molecule has 0 bridgehead atoms. The molecule has 1 aromatic heterocycles. The Labute approximate surface area is 115 Å². The highest BCUT2D eigenvalue weighted by Gasteiger charge is 2.08. The SMILES string of the molecule is CCc1c(COc2ccc(F)c(Cl)c2)csc1C. The zero-order valence-corrected chi connectivity index (χ0v) is 11.9. The monoisotopic (exact) mass is 284 g/mol. The van der Waals surface area contributed by atoms with Crippen LogP contribution in [-0.4, -0.2) is 0 Å². The zero-order chi connectivity index (χ0) is 13.1. The van der Waals surface area contributed by atoms with Gasteiger partial charge in [0.15, 0.2) is 0 Å². The molecule has 4 heteroatoms. The molecule has 1 nitrogen and oxygen atoms in total. The van der Waals surface area contributed by atoms with Gasteiger partial charge in [0.05, 0.1) is 5.02 Å². The third kappa shape index (κ3) is 2.85. The number of thiophene rings is 1. The highest BCUT2D eigenvalue weighted by molar-refractivity contribution is 7.10. The van der Waals surface area contributed by atoms with E-state index in [0.29, 0.717) is 12.4 Å². The Morgan fingerprint density at radius 1 is 1.39 bits per heavy atom. The highest BCUT2D eigenvalue weighted by Crippen LogP contribution is 2.25. The molecule has 96 valence electrons. The van der Waals surface area contributed by atoms with E-state index in [4.69, 9.17) is 16.3 Å². The molecule has 0 spiro atoms. The van der Waals surface area contributed by atoms with Gasteiger partial charge in [-0.3, -0.25) is 0 Å². The lowest BCUT2D eigenvalue weighted by molar-refractivity contribution is 0.305. The molecule has 2 rings (SSSR count). The van der Waals surface area contributed by atoms with Crippen LogP contribution in [0.5, 0.6) is 5.75 Å². The molecule has 0 saturated carbocycles. The predicted molar refractivity (Wildman–Crippen MR) is 74.2 cm³/mol. The second-order valence-electron chi connectivity index (χ2n) is 4.01. The van der Waals surface area contributed by atoms with Crippen LogP contribution < -0.4 is 4.74 Å². The summed E-state index contributed by atoms with van der Waals surface area (Å²) in [7, 11) is 0. The van der Waals surface area contributed by atoms with Gasteiger partial charge in [0.25, 0.3) is 0 Å². The normalized spacial score (nSPS) is 10.7. The molecule has 0 atom stereocenters. The smallest absolute Gasteiger partial charge is 0.142 e. The standard InChI is InChI=1S/C14H14ClFOS/c1-3-12-9(2)18-8-10(12)7-17-11-4-5-14(16)13(15)6-11/h4-6,8H,3,7H2,1-2H3. The Balaban J connectivity index is 2.09. The summed E-state index contributed by atoms with van der Waals surface area (Å²) in [5.41, 5.74) is 2.54. The minimum Gasteiger partial charge on any atom is -0.489 e. The molecular weight excluding hydrogens is 271 g/mol. The number of hydrogen-bond acceptors (Lipinski definition) is 2. The zero-order valence-electron chi connectivity index (χ0n) is 10.3. The molecule has 0 aliphatic heterocycles. The maximum absolute atomic E-state index is 13.0. The summed E-state index contributed by atoms with van der Waals surface area (Å²) in [4.78, 5) is 1.33. The number of benzene rings is 1. The van der Waals surface area contributed by atoms with Crippen LogP contribution in [0.15, 0.2) is 23.6 Å². The quantitative estimate of drug-likeness (QED) is 0.768. The van der Waals surface area contributed by atoms with Crippen molar-refractivity contribution in [2.24, 2.45) is 0 Å². The molecule has 0 radical (unpaired) electrons. The fourth-order valence-electron chi connectivity index (χ4n) is 1.85. The summed E-state index contributed by atoms with van der Waals surface area (Å²) in [6.07, 6.45) is 0.998. The molecule has 0 fully saturated rings. The van der Waals surface area contributed by atoms with E-state index in [1.54, 1.807) is 17.4 Å². The average Bonchev–Trinajstić information content (AvgIpc) is 2.71. The molecular formula is C14H14ClFOS. The van der Waals surface area contributed by atoms with Crippen molar-refractivity contribution >= 4 is 22.9 Å². The molecule has 2 aromatic rings. The summed E-state index contributed by atoms with van der Waals surface area (Å²) < 4.78 is 18.6. The summed E-state index contributed by atoms with van der Waals surface area (Å²) in [6, 6.07) is 4.41. The summed E-state index contributed by atoms with van der Waals surface area (Å²) in [6.45, 7) is 4.74. The maximum atomic E-state index is 13.0. The van der Waals surface area contributed by atoms with E-state index in [2.05, 4.69) is 19.2 Å². The van der Waals surface area contributed by atoms with Gasteiger partial charge in [0.1, 0.15) is 18.2 Å². The average molecular weight is 285 g/mol. The Kier molecular flexibility index (Phi) is 4.25. The Morgan fingerprint density at radius 3 is 2.83 bits per heavy atom. The van der Waals surface area contributed by atoms with Gasteiger partial charge in [-0.2, -0.15) is 0 Å². The second-order valence-corrected chi connectivity index (χ2v) is 5.50. The molecule has 0 N–H and O–H groups in total. The third-order valence-corrected chi connectivity index (χ3v) is 4.12. The topological polar surface area (TPSA) is 9.23 Å². The first-order valence-corrected chi connectivity index (χ1v) is 7.01. The van der Waals surface area contributed by atoms with Gasteiger partial charge in [0.2, 0.25) is 0 Å². The van der Waals surface area contributed by atoms with Gasteiger partial charge in [0, 0.05) is 16.5 Å². The first kappa shape index (κ1) is 13.4. The fourth-order valence-corrected chi connectivity index (χ4v) is 2.97. The van der Waals surface area contributed by atoms with Gasteiger partial charge < -0.3 is 4.74 Å². The van der Waals surface area contributed by atoms with Gasteiger partial charge in [-0.05, 0) is 36.4 Å². The van der Waals surface area contributed by atoms with Crippen LogP contribution in [0.3, 0.4) is 0 Å². The van der Waals surface area contributed by atoms with Crippen LogP contribution in [0, 0.1) is 12.7 Å². The number of aryl methyl sites for hydroxylation is 1. The second kappa shape index (κ2) is 5.72. The molecule has 0 saturated heterocycles. The summed E-state index contributed by atoms with van der Waals surface area (Å²) >= 11 is 7.44. The number of hydrogen-bond donors (Lipinski definition) is 0. The lowest BCUT2D eigenvalue weighted by atomic mass is 10.1. The summed E-state index contributed by atoms with van der Waals surface area (Å²) in [5.74, 6) is 0.164. The van der Waals surface area contributed by atoms with Crippen molar-refractivity contribution in [1.29, 1.82) is 0 Å². The molecule has 0 unspecified atom stereocenters. The lowest BCUT2D eigenvalue weighted by Gasteiger charge is -2.07. The maximum Gasteiger partial charge on any atom is 0.142 e. The lowest BCUT2D eigenvalue weighted by Crippen LogP contribution is -1.98. The van der Waals surface area contributed by atoms with E-state index in [1.807, 2.05) is 0 Å². The molecule has 0 aliphatic carbocycles. The fraction of sp³-hybridized carbons (Fsp3) is 0.286. The van der Waals surface area contributed by atoms with Gasteiger partial charge in [-0.15, -0.1) is 11.3 Å². The van der Waals surface area contributed by atoms with Gasteiger partial charge >= 0.3 is 0 Å². The first-order chi connectivity index (χ1) is 8.61. The number of halogens is 2. The van der Waals surface area contributed by atoms with Crippen molar-refractivity contribution in [3.05, 3.63) is 50.4 Å². The van der Waals surface area contributed by atoms with Crippen LogP contribution in [-0.2, 0) is 13.0 Å². The van der Waals surface area contributed by atoms with E-state index >= 15 is 0 Å². The van der Waals surface area contributed by atoms with Crippen molar-refractivity contribution in [2.45, 2.75) is 26.9 Å². The van der Waals surface area contributed by atoms with Crippen LogP contribution >= 0.6 is 22.9 Å². The molecule has 18 heavy (non-hydrogen) atoms. The number of ether oxygens (including phenoxy) is 1. The van der Waals surface area contributed by atoms with E-state index in [9.17, 15) is 4.39 Å². The van der Waals surface area contributed by atoms with Gasteiger partial charge in [-0.25, -0.2) is 4.39 Å². The predicted octanol–water partition coefficient (Wildman–Crippen LogP) is 4.99. The third-order valence-electron chi connectivity index (χ3n) is 2.83. The van der Waals surface area contributed by atoms with Crippen molar-refractivity contribution < 1.29 is 9.13 Å². The summed E-state index contributed by atoms with van der Waals surface area (Å²) in [5, 5.41) is 2.20.